The van der Waals surface area contributed by atoms with Crippen molar-refractivity contribution in [1.82, 2.24) is 0 Å². The molecular formula is C27H26N2O4. The predicted molar refractivity (Wildman–Crippen MR) is 130 cm³/mol. The van der Waals surface area contributed by atoms with Crippen LogP contribution in [0.4, 0.5) is 11.4 Å². The van der Waals surface area contributed by atoms with Crippen molar-refractivity contribution in [3.8, 4) is 11.5 Å². The minimum Gasteiger partial charge on any atom is -0.495 e. The van der Waals surface area contributed by atoms with Gasteiger partial charge in [0.1, 0.15) is 17.2 Å². The van der Waals surface area contributed by atoms with Crippen molar-refractivity contribution in [2.45, 2.75) is 20.8 Å². The van der Waals surface area contributed by atoms with E-state index >= 15 is 0 Å². The molecule has 3 aromatic rings. The Morgan fingerprint density at radius 3 is 2.12 bits per heavy atom. The van der Waals surface area contributed by atoms with Crippen molar-refractivity contribution < 1.29 is 19.1 Å². The molecule has 0 fully saturated rings. The van der Waals surface area contributed by atoms with Gasteiger partial charge in [-0.25, -0.2) is 4.90 Å². The van der Waals surface area contributed by atoms with E-state index in [1.54, 1.807) is 31.4 Å². The van der Waals surface area contributed by atoms with Gasteiger partial charge in [-0.3, -0.25) is 9.59 Å². The normalized spacial score (nSPS) is 13.5. The number of hydrogen-bond donors (Lipinski definition) is 1. The number of imide groups is 1. The maximum atomic E-state index is 13.8. The molecule has 0 aliphatic carbocycles. The number of amides is 2. The van der Waals surface area contributed by atoms with Crippen LogP contribution >= 0.6 is 0 Å². The van der Waals surface area contributed by atoms with Crippen LogP contribution in [0.25, 0.3) is 5.57 Å². The molecule has 2 amide bonds. The summed E-state index contributed by atoms with van der Waals surface area (Å²) in [6, 6.07) is 18.5. The van der Waals surface area contributed by atoms with Crippen LogP contribution in [0.2, 0.25) is 0 Å². The third kappa shape index (κ3) is 3.96. The van der Waals surface area contributed by atoms with E-state index in [9.17, 15) is 9.59 Å². The number of anilines is 2. The van der Waals surface area contributed by atoms with Crippen LogP contribution in [-0.4, -0.2) is 26.0 Å². The maximum Gasteiger partial charge on any atom is 0.282 e. The fourth-order valence-corrected chi connectivity index (χ4v) is 4.07. The van der Waals surface area contributed by atoms with Crippen LogP contribution in [0.3, 0.4) is 0 Å². The predicted octanol–water partition coefficient (Wildman–Crippen LogP) is 5.03. The highest BCUT2D eigenvalue weighted by atomic mass is 16.5. The molecule has 0 spiro atoms. The molecule has 6 nitrogen and oxygen atoms in total. The quantitative estimate of drug-likeness (QED) is 0.543. The van der Waals surface area contributed by atoms with Crippen LogP contribution in [-0.2, 0) is 9.59 Å². The first-order chi connectivity index (χ1) is 15.8. The average molecular weight is 443 g/mol. The van der Waals surface area contributed by atoms with E-state index in [-0.39, 0.29) is 5.70 Å². The molecule has 4 rings (SSSR count). The lowest BCUT2D eigenvalue weighted by Gasteiger charge is -2.19. The lowest BCUT2D eigenvalue weighted by atomic mass is 9.97. The second-order valence-electron chi connectivity index (χ2n) is 8.01. The zero-order chi connectivity index (χ0) is 23.7. The second kappa shape index (κ2) is 8.82. The number of aryl methyl sites for hydroxylation is 3. The minimum absolute atomic E-state index is 0.194. The SMILES string of the molecule is COc1ccccc1NC1=C(c2ccc(C)cc2C)C(=O)N(c2cc(C)ccc2OC)C1=O. The van der Waals surface area contributed by atoms with Crippen LogP contribution in [0.5, 0.6) is 11.5 Å². The maximum absolute atomic E-state index is 13.8. The van der Waals surface area contributed by atoms with Crippen molar-refractivity contribution in [3.63, 3.8) is 0 Å². The van der Waals surface area contributed by atoms with E-state index < -0.39 is 11.8 Å². The average Bonchev–Trinajstić information content (AvgIpc) is 3.03. The van der Waals surface area contributed by atoms with Crippen LogP contribution < -0.4 is 19.7 Å². The Morgan fingerprint density at radius 1 is 0.758 bits per heavy atom. The first-order valence-corrected chi connectivity index (χ1v) is 10.6. The summed E-state index contributed by atoms with van der Waals surface area (Å²) in [6.07, 6.45) is 0. The molecule has 0 unspecified atom stereocenters. The van der Waals surface area contributed by atoms with Gasteiger partial charge in [0.2, 0.25) is 0 Å². The number of carbonyl (C=O) groups excluding carboxylic acids is 2. The summed E-state index contributed by atoms with van der Waals surface area (Å²) in [5.41, 5.74) is 5.10. The number of para-hydroxylation sites is 2. The summed E-state index contributed by atoms with van der Waals surface area (Å²) < 4.78 is 10.9. The van der Waals surface area contributed by atoms with E-state index in [0.717, 1.165) is 16.7 Å². The number of ether oxygens (including phenoxy) is 2. The highest BCUT2D eigenvalue weighted by Gasteiger charge is 2.42. The fraction of sp³-hybridized carbons (Fsp3) is 0.185. The van der Waals surface area contributed by atoms with Crippen molar-refractivity contribution in [1.29, 1.82) is 0 Å². The molecule has 1 aliphatic heterocycles. The van der Waals surface area contributed by atoms with Gasteiger partial charge >= 0.3 is 0 Å². The van der Waals surface area contributed by atoms with E-state index in [0.29, 0.717) is 34.0 Å². The first-order valence-electron chi connectivity index (χ1n) is 10.6. The van der Waals surface area contributed by atoms with E-state index in [4.69, 9.17) is 9.47 Å². The number of rotatable bonds is 6. The first kappa shape index (κ1) is 22.1. The van der Waals surface area contributed by atoms with Gasteiger partial charge in [-0.15, -0.1) is 0 Å². The minimum atomic E-state index is -0.454. The smallest absolute Gasteiger partial charge is 0.282 e. The number of benzene rings is 3. The highest BCUT2D eigenvalue weighted by molar-refractivity contribution is 6.46. The molecule has 0 bridgehead atoms. The molecule has 0 saturated heterocycles. The Bertz CT molecular complexity index is 1290. The van der Waals surface area contributed by atoms with Crippen LogP contribution in [0.15, 0.2) is 66.4 Å². The van der Waals surface area contributed by atoms with E-state index in [2.05, 4.69) is 5.32 Å². The molecular weight excluding hydrogens is 416 g/mol. The van der Waals surface area contributed by atoms with Gasteiger partial charge in [0.05, 0.1) is 31.2 Å². The topological polar surface area (TPSA) is 67.9 Å². The standard InChI is InChI=1S/C27H26N2O4/c1-16-10-12-19(18(3)14-16)24-25(28-20-8-6-7-9-22(20)32-4)27(31)29(26(24)30)21-15-17(2)11-13-23(21)33-5/h6-15,28H,1-5H3. The van der Waals surface area contributed by atoms with Gasteiger partial charge in [-0.2, -0.15) is 0 Å². The van der Waals surface area contributed by atoms with Crippen molar-refractivity contribution >= 4 is 28.8 Å². The van der Waals surface area contributed by atoms with Crippen molar-refractivity contribution in [2.75, 3.05) is 24.4 Å². The van der Waals surface area contributed by atoms with Gasteiger partial charge in [0.15, 0.2) is 0 Å². The molecule has 0 atom stereocenters. The molecule has 1 heterocycles. The molecule has 168 valence electrons. The van der Waals surface area contributed by atoms with Crippen LogP contribution in [0, 0.1) is 20.8 Å². The van der Waals surface area contributed by atoms with E-state index in [1.165, 1.54) is 12.0 Å². The fourth-order valence-electron chi connectivity index (χ4n) is 4.07. The summed E-state index contributed by atoms with van der Waals surface area (Å²) in [7, 11) is 3.08. The monoisotopic (exact) mass is 442 g/mol. The zero-order valence-electron chi connectivity index (χ0n) is 19.4. The number of hydrogen-bond acceptors (Lipinski definition) is 5. The number of nitrogens with zero attached hydrogens (tertiary/aromatic N) is 1. The molecule has 1 N–H and O–H groups in total. The third-order valence-corrected chi connectivity index (χ3v) is 5.68. The largest absolute Gasteiger partial charge is 0.495 e. The van der Waals surface area contributed by atoms with Crippen molar-refractivity contribution in [3.05, 3.63) is 88.6 Å². The summed E-state index contributed by atoms with van der Waals surface area (Å²) in [6.45, 7) is 5.83. The van der Waals surface area contributed by atoms with Crippen LogP contribution in [0.1, 0.15) is 22.3 Å². The third-order valence-electron chi connectivity index (χ3n) is 5.68. The van der Waals surface area contributed by atoms with E-state index in [1.807, 2.05) is 57.2 Å². The molecule has 0 aromatic heterocycles. The lowest BCUT2D eigenvalue weighted by Crippen LogP contribution is -2.32. The molecule has 1 aliphatic rings. The summed E-state index contributed by atoms with van der Waals surface area (Å²) in [4.78, 5) is 28.7. The number of nitrogens with one attached hydrogen (secondary N) is 1. The van der Waals surface area contributed by atoms with Gasteiger partial charge in [-0.05, 0) is 61.7 Å². The summed E-state index contributed by atoms with van der Waals surface area (Å²) in [5, 5.41) is 3.18. The van der Waals surface area contributed by atoms with Gasteiger partial charge < -0.3 is 14.8 Å². The van der Waals surface area contributed by atoms with Gasteiger partial charge in [0.25, 0.3) is 11.8 Å². The van der Waals surface area contributed by atoms with Gasteiger partial charge in [0, 0.05) is 0 Å². The Morgan fingerprint density at radius 2 is 1.42 bits per heavy atom. The van der Waals surface area contributed by atoms with Gasteiger partial charge in [-0.1, -0.05) is 42.0 Å². The zero-order valence-corrected chi connectivity index (χ0v) is 19.4. The number of carbonyl (C=O) groups is 2. The summed E-state index contributed by atoms with van der Waals surface area (Å²) in [5.74, 6) is 0.149. The second-order valence-corrected chi connectivity index (χ2v) is 8.01. The molecule has 0 radical (unpaired) electrons. The lowest BCUT2D eigenvalue weighted by molar-refractivity contribution is -0.120. The Hall–Kier alpha value is -4.06. The van der Waals surface area contributed by atoms with Crippen molar-refractivity contribution in [2.24, 2.45) is 0 Å². The molecule has 0 saturated carbocycles. The molecule has 33 heavy (non-hydrogen) atoms. The Kier molecular flexibility index (Phi) is 5.92. The molecule has 3 aromatic carbocycles. The molecule has 6 heteroatoms. The highest BCUT2D eigenvalue weighted by Crippen LogP contribution is 2.40. The Balaban J connectivity index is 1.91. The number of methoxy groups -OCH3 is 2. The Labute approximate surface area is 193 Å². The summed E-state index contributed by atoms with van der Waals surface area (Å²) >= 11 is 0.